The van der Waals surface area contributed by atoms with Crippen LogP contribution in [0, 0.1) is 0 Å². The van der Waals surface area contributed by atoms with Crippen LogP contribution in [0.5, 0.6) is 23.0 Å². The lowest BCUT2D eigenvalue weighted by atomic mass is 10.0. The summed E-state index contributed by atoms with van der Waals surface area (Å²) in [4.78, 5) is 0. The summed E-state index contributed by atoms with van der Waals surface area (Å²) >= 11 is 0. The van der Waals surface area contributed by atoms with E-state index in [9.17, 15) is 5.11 Å². The number of fused-ring (bicyclic) bond motifs is 2. The molecule has 7 nitrogen and oxygen atoms in total. The minimum Gasteiger partial charge on any atom is -0.507 e. The predicted octanol–water partition coefficient (Wildman–Crippen LogP) is 6.48. The van der Waals surface area contributed by atoms with Crippen LogP contribution in [0.1, 0.15) is 20.8 Å². The van der Waals surface area contributed by atoms with E-state index in [2.05, 4.69) is 0 Å². The van der Waals surface area contributed by atoms with E-state index in [1.165, 1.54) is 0 Å². The van der Waals surface area contributed by atoms with Crippen LogP contribution in [-0.4, -0.2) is 62.6 Å². The summed E-state index contributed by atoms with van der Waals surface area (Å²) in [6.45, 7) is 8.66. The first-order valence-corrected chi connectivity index (χ1v) is 13.5. The second-order valence-corrected chi connectivity index (χ2v) is 10.0. The standard InChI is InChI=1S/C32H36O7/c1-21(34-17-22(2)36-19-26-20-37-26)16-35-23(3)18-38-32-28-12-8-7-11-27(28)31(33)30-15-25(13-14-29(30)32)39-24-9-5-4-6-10-24/h4-15,21-23,26,33H,16-20H2,1-3H3. The molecule has 7 heteroatoms. The minimum atomic E-state index is -0.167. The molecule has 1 aliphatic heterocycles. The van der Waals surface area contributed by atoms with E-state index in [-0.39, 0.29) is 30.2 Å². The quantitative estimate of drug-likeness (QED) is 0.147. The zero-order valence-electron chi connectivity index (χ0n) is 22.7. The van der Waals surface area contributed by atoms with Crippen molar-refractivity contribution in [3.63, 3.8) is 0 Å². The zero-order valence-corrected chi connectivity index (χ0v) is 22.7. The fourth-order valence-corrected chi connectivity index (χ4v) is 4.32. The lowest BCUT2D eigenvalue weighted by molar-refractivity contribution is -0.0740. The third-order valence-electron chi connectivity index (χ3n) is 6.56. The molecule has 1 aliphatic rings. The third kappa shape index (κ3) is 7.19. The van der Waals surface area contributed by atoms with Gasteiger partial charge < -0.3 is 33.5 Å². The molecule has 4 aromatic carbocycles. The summed E-state index contributed by atoms with van der Waals surface area (Å²) in [5, 5.41) is 14.2. The van der Waals surface area contributed by atoms with Crippen LogP contribution in [0.2, 0.25) is 0 Å². The highest BCUT2D eigenvalue weighted by molar-refractivity contribution is 6.11. The Labute approximate surface area is 229 Å². The number of hydrogen-bond acceptors (Lipinski definition) is 7. The predicted molar refractivity (Wildman–Crippen MR) is 151 cm³/mol. The summed E-state index contributed by atoms with van der Waals surface area (Å²) < 4.78 is 35.1. The maximum Gasteiger partial charge on any atom is 0.135 e. The fourth-order valence-electron chi connectivity index (χ4n) is 4.32. The van der Waals surface area contributed by atoms with Gasteiger partial charge in [0, 0.05) is 21.5 Å². The van der Waals surface area contributed by atoms with Gasteiger partial charge in [-0.1, -0.05) is 42.5 Å². The minimum absolute atomic E-state index is 0.00655. The zero-order chi connectivity index (χ0) is 27.2. The van der Waals surface area contributed by atoms with Crippen molar-refractivity contribution in [2.45, 2.75) is 45.2 Å². The van der Waals surface area contributed by atoms with Gasteiger partial charge in [-0.2, -0.15) is 0 Å². The van der Waals surface area contributed by atoms with Crippen molar-refractivity contribution < 1.29 is 33.5 Å². The molecule has 0 radical (unpaired) electrons. The molecule has 0 aliphatic carbocycles. The molecule has 4 unspecified atom stereocenters. The number of benzene rings is 4. The van der Waals surface area contributed by atoms with Crippen LogP contribution in [-0.2, 0) is 18.9 Å². The van der Waals surface area contributed by atoms with Gasteiger partial charge in [0.2, 0.25) is 0 Å². The number of para-hydroxylation sites is 1. The Morgan fingerprint density at radius 2 is 1.33 bits per heavy atom. The van der Waals surface area contributed by atoms with Crippen LogP contribution >= 0.6 is 0 Å². The van der Waals surface area contributed by atoms with Gasteiger partial charge in [-0.3, -0.25) is 0 Å². The molecule has 39 heavy (non-hydrogen) atoms. The lowest BCUT2D eigenvalue weighted by Gasteiger charge is -2.21. The van der Waals surface area contributed by atoms with Crippen molar-refractivity contribution in [2.24, 2.45) is 0 Å². The van der Waals surface area contributed by atoms with E-state index >= 15 is 0 Å². The van der Waals surface area contributed by atoms with Crippen molar-refractivity contribution in [1.29, 1.82) is 0 Å². The van der Waals surface area contributed by atoms with Gasteiger partial charge >= 0.3 is 0 Å². The van der Waals surface area contributed by atoms with Crippen LogP contribution in [0.3, 0.4) is 0 Å². The largest absolute Gasteiger partial charge is 0.507 e. The number of rotatable bonds is 14. The molecule has 5 rings (SSSR count). The van der Waals surface area contributed by atoms with Gasteiger partial charge in [-0.25, -0.2) is 0 Å². The summed E-state index contributed by atoms with van der Waals surface area (Å²) in [5.41, 5.74) is 0. The normalized spacial score (nSPS) is 17.2. The summed E-state index contributed by atoms with van der Waals surface area (Å²) in [7, 11) is 0. The van der Waals surface area contributed by atoms with E-state index in [4.69, 9.17) is 28.4 Å². The molecule has 206 valence electrons. The second kappa shape index (κ2) is 12.7. The van der Waals surface area contributed by atoms with Gasteiger partial charge in [0.05, 0.1) is 44.7 Å². The molecule has 4 aromatic rings. The molecule has 1 fully saturated rings. The Hall–Kier alpha value is -3.36. The fraction of sp³-hybridized carbons (Fsp3) is 0.375. The molecule has 0 bridgehead atoms. The summed E-state index contributed by atoms with van der Waals surface area (Å²) in [6.07, 6.45) is 0.0164. The highest BCUT2D eigenvalue weighted by Crippen LogP contribution is 2.43. The maximum atomic E-state index is 11.1. The van der Waals surface area contributed by atoms with Gasteiger partial charge in [0.25, 0.3) is 0 Å². The topological polar surface area (TPSA) is 78.9 Å². The van der Waals surface area contributed by atoms with Crippen molar-refractivity contribution in [2.75, 3.05) is 33.0 Å². The van der Waals surface area contributed by atoms with E-state index in [1.54, 1.807) is 0 Å². The molecular weight excluding hydrogens is 496 g/mol. The number of hydrogen-bond donors (Lipinski definition) is 1. The number of ether oxygens (including phenoxy) is 6. The average molecular weight is 533 g/mol. The van der Waals surface area contributed by atoms with Gasteiger partial charge in [0.15, 0.2) is 0 Å². The Morgan fingerprint density at radius 1 is 0.718 bits per heavy atom. The molecule has 0 spiro atoms. The molecular formula is C32H36O7. The molecule has 0 amide bonds. The first-order valence-electron chi connectivity index (χ1n) is 13.5. The van der Waals surface area contributed by atoms with Crippen LogP contribution in [0.15, 0.2) is 72.8 Å². The van der Waals surface area contributed by atoms with E-state index in [1.807, 2.05) is 93.6 Å². The third-order valence-corrected chi connectivity index (χ3v) is 6.56. The first kappa shape index (κ1) is 27.2. The van der Waals surface area contributed by atoms with Gasteiger partial charge in [-0.05, 0) is 51.1 Å². The lowest BCUT2D eigenvalue weighted by Crippen LogP contribution is -2.27. The van der Waals surface area contributed by atoms with Crippen LogP contribution < -0.4 is 9.47 Å². The van der Waals surface area contributed by atoms with Crippen molar-refractivity contribution in [1.82, 2.24) is 0 Å². The second-order valence-electron chi connectivity index (χ2n) is 10.0. The average Bonchev–Trinajstić information content (AvgIpc) is 3.79. The molecule has 1 heterocycles. The van der Waals surface area contributed by atoms with Crippen molar-refractivity contribution in [3.8, 4) is 23.0 Å². The smallest absolute Gasteiger partial charge is 0.135 e. The van der Waals surface area contributed by atoms with Crippen LogP contribution in [0.4, 0.5) is 0 Å². The van der Waals surface area contributed by atoms with Crippen molar-refractivity contribution >= 4 is 21.5 Å². The molecule has 1 saturated heterocycles. The SMILES string of the molecule is CC(COc1c2ccccc2c(O)c2cc(Oc3ccccc3)ccc12)OCC(C)OCC(C)OCC1CO1. The highest BCUT2D eigenvalue weighted by atomic mass is 16.6. The van der Waals surface area contributed by atoms with Gasteiger partial charge in [0.1, 0.15) is 35.7 Å². The monoisotopic (exact) mass is 532 g/mol. The number of phenols is 1. The first-order chi connectivity index (χ1) is 19.0. The van der Waals surface area contributed by atoms with E-state index in [0.29, 0.717) is 43.3 Å². The molecule has 0 saturated carbocycles. The number of phenolic OH excluding ortho intramolecular Hbond substituents is 1. The Morgan fingerprint density at radius 3 is 2.05 bits per heavy atom. The summed E-state index contributed by atoms with van der Waals surface area (Å²) in [6, 6.07) is 22.9. The Balaban J connectivity index is 1.23. The molecule has 1 N–H and O–H groups in total. The highest BCUT2D eigenvalue weighted by Gasteiger charge is 2.23. The van der Waals surface area contributed by atoms with E-state index in [0.717, 1.165) is 28.5 Å². The number of aromatic hydroxyl groups is 1. The maximum absolute atomic E-state index is 11.1. The number of epoxide rings is 1. The summed E-state index contributed by atoms with van der Waals surface area (Å²) in [5.74, 6) is 2.27. The van der Waals surface area contributed by atoms with Crippen LogP contribution in [0.25, 0.3) is 21.5 Å². The Kier molecular flexibility index (Phi) is 8.84. The van der Waals surface area contributed by atoms with Crippen molar-refractivity contribution in [3.05, 3.63) is 72.8 Å². The van der Waals surface area contributed by atoms with Gasteiger partial charge in [-0.15, -0.1) is 0 Å². The molecule has 0 aromatic heterocycles. The Bertz CT molecular complexity index is 1370. The van der Waals surface area contributed by atoms with E-state index < -0.39 is 0 Å². The molecule has 4 atom stereocenters.